The Hall–Kier alpha value is -0.460. The van der Waals surface area contributed by atoms with Gasteiger partial charge in [0, 0.05) is 51.0 Å². The minimum absolute atomic E-state index is 0.155. The molecular weight excluding hydrogens is 298 g/mol. The number of guanidine groups is 1. The van der Waals surface area contributed by atoms with Crippen molar-refractivity contribution in [3.8, 4) is 0 Å². The molecule has 2 N–H and O–H groups in total. The fourth-order valence-electron chi connectivity index (χ4n) is 3.19. The first-order valence-electron chi connectivity index (χ1n) is 8.42. The minimum atomic E-state index is -0.155. The van der Waals surface area contributed by atoms with Gasteiger partial charge in [-0.25, -0.2) is 0 Å². The molecule has 0 amide bonds. The van der Waals surface area contributed by atoms with Crippen LogP contribution >= 0.6 is 11.8 Å². The second-order valence-corrected chi connectivity index (χ2v) is 7.34. The van der Waals surface area contributed by atoms with Crippen molar-refractivity contribution in [2.45, 2.75) is 55.9 Å². The predicted octanol–water partition coefficient (Wildman–Crippen LogP) is 2.02. The lowest BCUT2D eigenvalue weighted by molar-refractivity contribution is -0.0828. The van der Waals surface area contributed by atoms with Crippen LogP contribution in [0.1, 0.15) is 39.0 Å². The molecule has 1 aliphatic carbocycles. The van der Waals surface area contributed by atoms with E-state index in [2.05, 4.69) is 23.8 Å². The fourth-order valence-corrected chi connectivity index (χ4v) is 3.99. The number of thioether (sulfide) groups is 1. The van der Waals surface area contributed by atoms with Gasteiger partial charge in [0.1, 0.15) is 0 Å². The van der Waals surface area contributed by atoms with Crippen LogP contribution in [0, 0.1) is 0 Å². The third kappa shape index (κ3) is 5.03. The maximum absolute atomic E-state index is 5.77. The summed E-state index contributed by atoms with van der Waals surface area (Å²) in [6.45, 7) is 5.22. The van der Waals surface area contributed by atoms with Crippen molar-refractivity contribution in [2.75, 3.05) is 39.7 Å². The van der Waals surface area contributed by atoms with Crippen molar-refractivity contribution in [3.05, 3.63) is 0 Å². The Morgan fingerprint density at radius 1 is 1.36 bits per heavy atom. The van der Waals surface area contributed by atoms with Gasteiger partial charge >= 0.3 is 0 Å². The first-order valence-corrected chi connectivity index (χ1v) is 9.70. The molecule has 2 rings (SSSR count). The van der Waals surface area contributed by atoms with Gasteiger partial charge in [-0.15, -0.1) is 0 Å². The van der Waals surface area contributed by atoms with Crippen molar-refractivity contribution < 1.29 is 9.47 Å². The van der Waals surface area contributed by atoms with E-state index in [9.17, 15) is 0 Å². The average molecular weight is 330 g/mol. The Labute approximate surface area is 139 Å². The summed E-state index contributed by atoms with van der Waals surface area (Å²) in [5, 5.41) is 7.76. The van der Waals surface area contributed by atoms with Crippen molar-refractivity contribution in [3.63, 3.8) is 0 Å². The van der Waals surface area contributed by atoms with Crippen LogP contribution < -0.4 is 10.6 Å². The monoisotopic (exact) mass is 329 g/mol. The topological polar surface area (TPSA) is 54.9 Å². The molecule has 6 heteroatoms. The highest BCUT2D eigenvalue weighted by Crippen LogP contribution is 2.28. The van der Waals surface area contributed by atoms with E-state index in [1.54, 1.807) is 7.11 Å². The number of ether oxygens (including phenoxy) is 2. The van der Waals surface area contributed by atoms with Crippen molar-refractivity contribution in [1.29, 1.82) is 0 Å². The van der Waals surface area contributed by atoms with Crippen molar-refractivity contribution in [1.82, 2.24) is 10.6 Å². The lowest BCUT2D eigenvalue weighted by Gasteiger charge is -2.34. The van der Waals surface area contributed by atoms with E-state index >= 15 is 0 Å². The maximum Gasteiger partial charge on any atom is 0.191 e. The molecule has 1 heterocycles. The summed E-state index contributed by atoms with van der Waals surface area (Å²) in [5.74, 6) is 0.928. The zero-order valence-corrected chi connectivity index (χ0v) is 15.0. The van der Waals surface area contributed by atoms with E-state index in [0.29, 0.717) is 12.6 Å². The summed E-state index contributed by atoms with van der Waals surface area (Å²) in [4.78, 5) is 4.80. The largest absolute Gasteiger partial charge is 0.381 e. The number of nitrogens with zero attached hydrogens (tertiary/aromatic N) is 1. The first-order chi connectivity index (χ1) is 10.7. The zero-order chi connectivity index (χ0) is 15.8. The summed E-state index contributed by atoms with van der Waals surface area (Å²) >= 11 is 1.98. The number of methoxy groups -OCH3 is 1. The molecule has 0 aromatic heterocycles. The number of hydrogen-bond donors (Lipinski definition) is 2. The molecule has 2 unspecified atom stereocenters. The first kappa shape index (κ1) is 17.9. The van der Waals surface area contributed by atoms with Crippen LogP contribution in [0.5, 0.6) is 0 Å². The Kier molecular flexibility index (Phi) is 7.31. The van der Waals surface area contributed by atoms with Gasteiger partial charge in [-0.2, -0.15) is 11.8 Å². The quantitative estimate of drug-likeness (QED) is 0.577. The molecule has 1 aliphatic heterocycles. The molecule has 0 bridgehead atoms. The standard InChI is InChI=1S/C16H31N3O2S/c1-4-17-15(19-13-5-6-14(11-13)22-3)18-12-16(20-2)7-9-21-10-8-16/h13-14H,4-12H2,1-3H3,(H2,17,18,19). The number of rotatable bonds is 6. The Bertz CT molecular complexity index is 359. The summed E-state index contributed by atoms with van der Waals surface area (Å²) in [6.07, 6.45) is 7.82. The Morgan fingerprint density at radius 3 is 2.73 bits per heavy atom. The fraction of sp³-hybridized carbons (Fsp3) is 0.938. The van der Waals surface area contributed by atoms with Crippen LogP contribution in [0.4, 0.5) is 0 Å². The SMILES string of the molecule is CCNC(=NCC1(OC)CCOCC1)NC1CCC(SC)C1. The molecule has 2 fully saturated rings. The van der Waals surface area contributed by atoms with Crippen LogP contribution in [0.3, 0.4) is 0 Å². The third-order valence-electron chi connectivity index (χ3n) is 4.77. The second-order valence-electron chi connectivity index (χ2n) is 6.21. The Balaban J connectivity index is 1.91. The molecule has 2 atom stereocenters. The minimum Gasteiger partial charge on any atom is -0.381 e. The average Bonchev–Trinajstić information content (AvgIpc) is 3.01. The lowest BCUT2D eigenvalue weighted by Crippen LogP contribution is -2.45. The summed E-state index contributed by atoms with van der Waals surface area (Å²) in [5.41, 5.74) is -0.155. The van der Waals surface area contributed by atoms with E-state index in [4.69, 9.17) is 14.5 Å². The van der Waals surface area contributed by atoms with Gasteiger partial charge in [0.2, 0.25) is 0 Å². The van der Waals surface area contributed by atoms with E-state index in [-0.39, 0.29) is 5.60 Å². The molecular formula is C16H31N3O2S. The van der Waals surface area contributed by atoms with Crippen LogP contribution in [-0.2, 0) is 9.47 Å². The van der Waals surface area contributed by atoms with Gasteiger partial charge in [-0.05, 0) is 32.4 Å². The molecule has 0 radical (unpaired) electrons. The molecule has 1 saturated carbocycles. The molecule has 2 aliphatic rings. The van der Waals surface area contributed by atoms with E-state index in [1.165, 1.54) is 19.3 Å². The van der Waals surface area contributed by atoms with Crippen molar-refractivity contribution >= 4 is 17.7 Å². The molecule has 0 aromatic rings. The smallest absolute Gasteiger partial charge is 0.191 e. The molecule has 22 heavy (non-hydrogen) atoms. The highest BCUT2D eigenvalue weighted by atomic mass is 32.2. The van der Waals surface area contributed by atoms with Crippen LogP contribution in [0.15, 0.2) is 4.99 Å². The number of aliphatic imine (C=N–C) groups is 1. The molecule has 5 nitrogen and oxygen atoms in total. The van der Waals surface area contributed by atoms with Crippen molar-refractivity contribution in [2.24, 2.45) is 4.99 Å². The maximum atomic E-state index is 5.77. The van der Waals surface area contributed by atoms with Crippen LogP contribution in [0.2, 0.25) is 0 Å². The normalized spacial score (nSPS) is 28.6. The van der Waals surface area contributed by atoms with Gasteiger partial charge < -0.3 is 20.1 Å². The van der Waals surface area contributed by atoms with Crippen LogP contribution in [0.25, 0.3) is 0 Å². The Morgan fingerprint density at radius 2 is 2.14 bits per heavy atom. The predicted molar refractivity (Wildman–Crippen MR) is 93.8 cm³/mol. The van der Waals surface area contributed by atoms with Gasteiger partial charge in [0.15, 0.2) is 5.96 Å². The highest BCUT2D eigenvalue weighted by molar-refractivity contribution is 7.99. The third-order valence-corrected chi connectivity index (χ3v) is 5.86. The van der Waals surface area contributed by atoms with E-state index in [0.717, 1.165) is 43.8 Å². The molecule has 0 aromatic carbocycles. The second kappa shape index (κ2) is 8.99. The molecule has 0 spiro atoms. The molecule has 128 valence electrons. The number of nitrogens with one attached hydrogen (secondary N) is 2. The molecule has 1 saturated heterocycles. The summed E-state index contributed by atoms with van der Waals surface area (Å²) < 4.78 is 11.2. The highest BCUT2D eigenvalue weighted by Gasteiger charge is 2.32. The van der Waals surface area contributed by atoms with E-state index in [1.807, 2.05) is 11.8 Å². The van der Waals surface area contributed by atoms with Crippen LogP contribution in [-0.4, -0.2) is 62.5 Å². The summed E-state index contributed by atoms with van der Waals surface area (Å²) in [7, 11) is 1.79. The van der Waals surface area contributed by atoms with Gasteiger partial charge in [0.25, 0.3) is 0 Å². The lowest BCUT2D eigenvalue weighted by atomic mass is 9.94. The number of hydrogen-bond acceptors (Lipinski definition) is 4. The van der Waals surface area contributed by atoms with Gasteiger partial charge in [0.05, 0.1) is 12.1 Å². The van der Waals surface area contributed by atoms with Gasteiger partial charge in [-0.1, -0.05) is 0 Å². The van der Waals surface area contributed by atoms with Gasteiger partial charge in [-0.3, -0.25) is 4.99 Å². The van der Waals surface area contributed by atoms with E-state index < -0.39 is 0 Å². The summed E-state index contributed by atoms with van der Waals surface area (Å²) in [6, 6.07) is 0.545. The zero-order valence-electron chi connectivity index (χ0n) is 14.2.